The third-order valence-electron chi connectivity index (χ3n) is 2.08. The van der Waals surface area contributed by atoms with Crippen LogP contribution in [0.1, 0.15) is 39.1 Å². The van der Waals surface area contributed by atoms with Crippen molar-refractivity contribution in [2.45, 2.75) is 46.8 Å². The highest BCUT2D eigenvalue weighted by Crippen LogP contribution is 2.20. The van der Waals surface area contributed by atoms with E-state index in [-0.39, 0.29) is 6.10 Å². The SMILES string of the molecule is CCNCc1nnc(OC(C)CC(C)C)s1. The molecule has 0 aliphatic carbocycles. The van der Waals surface area contributed by atoms with Gasteiger partial charge in [-0.15, -0.1) is 5.10 Å². The van der Waals surface area contributed by atoms with E-state index in [9.17, 15) is 0 Å². The van der Waals surface area contributed by atoms with Crippen LogP contribution in [0.25, 0.3) is 0 Å². The van der Waals surface area contributed by atoms with Crippen LogP contribution in [0.4, 0.5) is 0 Å². The van der Waals surface area contributed by atoms with Gasteiger partial charge in [-0.05, 0) is 25.8 Å². The smallest absolute Gasteiger partial charge is 0.294 e. The first-order valence-corrected chi connectivity index (χ1v) is 6.63. The molecule has 1 atom stereocenters. The monoisotopic (exact) mass is 243 g/mol. The molecule has 0 aromatic carbocycles. The summed E-state index contributed by atoms with van der Waals surface area (Å²) in [4.78, 5) is 0. The highest BCUT2D eigenvalue weighted by Gasteiger charge is 2.10. The molecule has 1 N–H and O–H groups in total. The van der Waals surface area contributed by atoms with Crippen molar-refractivity contribution in [2.24, 2.45) is 5.92 Å². The zero-order valence-electron chi connectivity index (χ0n) is 10.5. The highest BCUT2D eigenvalue weighted by molar-refractivity contribution is 7.13. The number of nitrogens with zero attached hydrogens (tertiary/aromatic N) is 2. The molecule has 1 unspecified atom stereocenters. The highest BCUT2D eigenvalue weighted by atomic mass is 32.1. The molecule has 5 heteroatoms. The molecule has 0 bridgehead atoms. The Hall–Kier alpha value is -0.680. The number of rotatable bonds is 7. The van der Waals surface area contributed by atoms with Gasteiger partial charge in [-0.3, -0.25) is 0 Å². The van der Waals surface area contributed by atoms with E-state index in [0.29, 0.717) is 11.1 Å². The number of hydrogen-bond donors (Lipinski definition) is 1. The lowest BCUT2D eigenvalue weighted by Gasteiger charge is -2.13. The van der Waals surface area contributed by atoms with Crippen LogP contribution < -0.4 is 10.1 Å². The predicted octanol–water partition coefficient (Wildman–Crippen LogP) is 2.46. The summed E-state index contributed by atoms with van der Waals surface area (Å²) < 4.78 is 5.70. The van der Waals surface area contributed by atoms with Gasteiger partial charge >= 0.3 is 0 Å². The topological polar surface area (TPSA) is 47.0 Å². The van der Waals surface area contributed by atoms with Crippen molar-refractivity contribution >= 4 is 11.3 Å². The molecular weight excluding hydrogens is 222 g/mol. The number of hydrogen-bond acceptors (Lipinski definition) is 5. The van der Waals surface area contributed by atoms with Gasteiger partial charge in [0.05, 0.1) is 6.10 Å². The third kappa shape index (κ3) is 4.90. The summed E-state index contributed by atoms with van der Waals surface area (Å²) in [6.45, 7) is 10.2. The Morgan fingerprint density at radius 3 is 2.69 bits per heavy atom. The van der Waals surface area contributed by atoms with E-state index in [1.165, 1.54) is 11.3 Å². The molecule has 0 spiro atoms. The van der Waals surface area contributed by atoms with E-state index in [4.69, 9.17) is 4.74 Å². The minimum Gasteiger partial charge on any atom is -0.466 e. The first kappa shape index (κ1) is 13.4. The average molecular weight is 243 g/mol. The van der Waals surface area contributed by atoms with Gasteiger partial charge in [-0.25, -0.2) is 0 Å². The van der Waals surface area contributed by atoms with Gasteiger partial charge in [-0.2, -0.15) is 0 Å². The van der Waals surface area contributed by atoms with E-state index in [1.54, 1.807) is 0 Å². The zero-order chi connectivity index (χ0) is 12.0. The van der Waals surface area contributed by atoms with Crippen LogP contribution in [0.15, 0.2) is 0 Å². The fraction of sp³-hybridized carbons (Fsp3) is 0.818. The van der Waals surface area contributed by atoms with E-state index >= 15 is 0 Å². The normalized spacial score (nSPS) is 13.1. The Morgan fingerprint density at radius 1 is 1.31 bits per heavy atom. The van der Waals surface area contributed by atoms with Crippen molar-refractivity contribution in [1.82, 2.24) is 15.5 Å². The Kier molecular flexibility index (Phi) is 5.69. The lowest BCUT2D eigenvalue weighted by Crippen LogP contribution is -2.14. The maximum Gasteiger partial charge on any atom is 0.294 e. The lowest BCUT2D eigenvalue weighted by molar-refractivity contribution is 0.191. The largest absolute Gasteiger partial charge is 0.466 e. The van der Waals surface area contributed by atoms with Crippen LogP contribution in [0.2, 0.25) is 0 Å². The second-order valence-corrected chi connectivity index (χ2v) is 5.32. The fourth-order valence-corrected chi connectivity index (χ4v) is 2.22. The second kappa shape index (κ2) is 6.81. The summed E-state index contributed by atoms with van der Waals surface area (Å²) in [6.07, 6.45) is 1.25. The molecule has 0 radical (unpaired) electrons. The lowest BCUT2D eigenvalue weighted by atomic mass is 10.1. The maximum atomic E-state index is 5.70. The minimum atomic E-state index is 0.208. The molecule has 0 aliphatic rings. The molecule has 0 fully saturated rings. The van der Waals surface area contributed by atoms with E-state index in [1.807, 2.05) is 0 Å². The van der Waals surface area contributed by atoms with Crippen molar-refractivity contribution in [2.75, 3.05) is 6.54 Å². The Labute approximate surface area is 101 Å². The Balaban J connectivity index is 2.39. The standard InChI is InChI=1S/C11H21N3OS/c1-5-12-7-10-13-14-11(16-10)15-9(4)6-8(2)3/h8-9,12H,5-7H2,1-4H3. The van der Waals surface area contributed by atoms with Gasteiger partial charge in [0.15, 0.2) is 0 Å². The van der Waals surface area contributed by atoms with E-state index < -0.39 is 0 Å². The molecule has 92 valence electrons. The summed E-state index contributed by atoms with van der Waals surface area (Å²) in [5.41, 5.74) is 0. The van der Waals surface area contributed by atoms with E-state index in [2.05, 4.69) is 43.2 Å². The van der Waals surface area contributed by atoms with Crippen molar-refractivity contribution in [1.29, 1.82) is 0 Å². The van der Waals surface area contributed by atoms with Crippen LogP contribution >= 0.6 is 11.3 Å². The summed E-state index contributed by atoms with van der Waals surface area (Å²) >= 11 is 1.52. The first-order chi connectivity index (χ1) is 7.61. The van der Waals surface area contributed by atoms with Crippen molar-refractivity contribution < 1.29 is 4.74 Å². The first-order valence-electron chi connectivity index (χ1n) is 5.81. The Morgan fingerprint density at radius 2 is 2.06 bits per heavy atom. The molecule has 1 heterocycles. The summed E-state index contributed by atoms with van der Waals surface area (Å²) in [5.74, 6) is 0.643. The van der Waals surface area contributed by atoms with Crippen molar-refractivity contribution in [3.8, 4) is 5.19 Å². The molecule has 1 aromatic rings. The fourth-order valence-electron chi connectivity index (χ4n) is 1.47. The number of nitrogens with one attached hydrogen (secondary N) is 1. The van der Waals surface area contributed by atoms with Gasteiger partial charge < -0.3 is 10.1 Å². The van der Waals surface area contributed by atoms with Gasteiger partial charge in [0.2, 0.25) is 0 Å². The van der Waals surface area contributed by atoms with Crippen LogP contribution in [0.5, 0.6) is 5.19 Å². The predicted molar refractivity (Wildman–Crippen MR) is 66.8 cm³/mol. The number of ether oxygens (including phenoxy) is 1. The average Bonchev–Trinajstić information content (AvgIpc) is 2.61. The molecule has 0 saturated heterocycles. The Bertz CT molecular complexity index is 301. The van der Waals surface area contributed by atoms with E-state index in [0.717, 1.165) is 24.5 Å². The molecule has 1 aromatic heterocycles. The zero-order valence-corrected chi connectivity index (χ0v) is 11.3. The maximum absolute atomic E-state index is 5.70. The molecule has 0 amide bonds. The summed E-state index contributed by atoms with van der Waals surface area (Å²) in [7, 11) is 0. The van der Waals surface area contributed by atoms with Gasteiger partial charge in [0, 0.05) is 6.54 Å². The van der Waals surface area contributed by atoms with Crippen LogP contribution in [-0.2, 0) is 6.54 Å². The molecule has 0 saturated carbocycles. The van der Waals surface area contributed by atoms with Gasteiger partial charge in [-0.1, -0.05) is 37.2 Å². The summed E-state index contributed by atoms with van der Waals surface area (Å²) in [5, 5.41) is 13.0. The molecule has 0 aliphatic heterocycles. The quantitative estimate of drug-likeness (QED) is 0.799. The molecular formula is C11H21N3OS. The molecule has 16 heavy (non-hydrogen) atoms. The third-order valence-corrected chi connectivity index (χ3v) is 2.89. The van der Waals surface area contributed by atoms with Crippen LogP contribution in [-0.4, -0.2) is 22.8 Å². The van der Waals surface area contributed by atoms with Gasteiger partial charge in [0.25, 0.3) is 5.19 Å². The van der Waals surface area contributed by atoms with Crippen LogP contribution in [0.3, 0.4) is 0 Å². The molecule has 4 nitrogen and oxygen atoms in total. The molecule has 1 rings (SSSR count). The minimum absolute atomic E-state index is 0.208. The van der Waals surface area contributed by atoms with Gasteiger partial charge in [0.1, 0.15) is 5.01 Å². The summed E-state index contributed by atoms with van der Waals surface area (Å²) in [6, 6.07) is 0. The van der Waals surface area contributed by atoms with Crippen LogP contribution in [0, 0.1) is 5.92 Å². The van der Waals surface area contributed by atoms with Crippen molar-refractivity contribution in [3.63, 3.8) is 0 Å². The second-order valence-electron chi connectivity index (χ2n) is 4.30. The number of aromatic nitrogens is 2. The van der Waals surface area contributed by atoms with Crippen molar-refractivity contribution in [3.05, 3.63) is 5.01 Å².